The van der Waals surface area contributed by atoms with Crippen LogP contribution in [0.5, 0.6) is 0 Å². The molecule has 4 rings (SSSR count). The molecular weight excluding hydrogens is 947 g/mol. The Bertz CT molecular complexity index is 1770. The van der Waals surface area contributed by atoms with E-state index in [-0.39, 0.29) is 75.2 Å². The topological polar surface area (TPSA) is 394 Å². The second kappa shape index (κ2) is 31.0. The Kier molecular flexibility index (Phi) is 26.0. The van der Waals surface area contributed by atoms with E-state index in [2.05, 4.69) is 21.3 Å². The number of ketones is 1. The van der Waals surface area contributed by atoms with Crippen LogP contribution >= 0.6 is 0 Å². The number of aliphatic hydroxyl groups is 10. The highest BCUT2D eigenvalue weighted by molar-refractivity contribution is 5.90. The molecule has 71 heavy (non-hydrogen) atoms. The van der Waals surface area contributed by atoms with Gasteiger partial charge in [-0.25, -0.2) is 0 Å². The molecule has 0 radical (unpaired) electrons. The first-order valence-corrected chi connectivity index (χ1v) is 23.8. The lowest BCUT2D eigenvalue weighted by Gasteiger charge is -2.46. The summed E-state index contributed by atoms with van der Waals surface area (Å²) in [6.45, 7) is -0.958. The van der Waals surface area contributed by atoms with E-state index in [4.69, 9.17) is 28.4 Å². The standard InChI is InChI=1S/C45H73N5O21/c1-25(53)19-50(21-33(57)47-16-10-4-8-14-31(55)49-26-11-5-2-6-12-26)20-32(56)46-15-9-3-7-13-30(54)48-17-18-66-44-41(65)42(71-45-40(64)38(62)35(59)28(23-52)69-45)36(60)29(70-44)24-67-43-39(63)37(61)34(58)27(22-51)68-43/h2,5-6,11-12,27-29,34-45,51-52,58-65H,3-4,7-10,13-24H2,1H3,(H,46,56)(H,47,57)(H,48,54)(H,49,55)/t27-,28-,29-,34-,35-,36-,37+,38+,39+,40+,41+,42+,43+,44+,45-/m1/s1. The van der Waals surface area contributed by atoms with Crippen molar-refractivity contribution in [1.82, 2.24) is 20.9 Å². The number of anilines is 1. The second-order valence-electron chi connectivity index (χ2n) is 17.7. The summed E-state index contributed by atoms with van der Waals surface area (Å²) in [5, 5.41) is 114. The lowest BCUT2D eigenvalue weighted by atomic mass is 9.96. The molecule has 404 valence electrons. The molecule has 26 heteroatoms. The fourth-order valence-corrected chi connectivity index (χ4v) is 7.90. The number of benzene rings is 1. The molecule has 3 aliphatic rings. The molecule has 26 nitrogen and oxygen atoms in total. The Labute approximate surface area is 410 Å². The van der Waals surface area contributed by atoms with Crippen molar-refractivity contribution in [1.29, 1.82) is 0 Å². The number of para-hydroxylation sites is 1. The van der Waals surface area contributed by atoms with Gasteiger partial charge in [0.05, 0.1) is 46.1 Å². The summed E-state index contributed by atoms with van der Waals surface area (Å²) in [6, 6.07) is 9.13. The van der Waals surface area contributed by atoms with Gasteiger partial charge in [0.2, 0.25) is 23.6 Å². The molecule has 0 aliphatic carbocycles. The molecular formula is C45H73N5O21. The van der Waals surface area contributed by atoms with E-state index >= 15 is 0 Å². The fraction of sp³-hybridized carbons (Fsp3) is 0.756. The predicted molar refractivity (Wildman–Crippen MR) is 243 cm³/mol. The molecule has 1 aromatic carbocycles. The summed E-state index contributed by atoms with van der Waals surface area (Å²) in [6.07, 6.45) is -21.4. The van der Waals surface area contributed by atoms with Crippen molar-refractivity contribution in [3.8, 4) is 0 Å². The number of amides is 4. The average Bonchev–Trinajstić information content (AvgIpc) is 3.33. The average molecular weight is 1020 g/mol. The summed E-state index contributed by atoms with van der Waals surface area (Å²) >= 11 is 0. The molecule has 1 aromatic rings. The number of carbonyl (C=O) groups excluding carboxylic acids is 5. The van der Waals surface area contributed by atoms with E-state index < -0.39 is 112 Å². The zero-order valence-corrected chi connectivity index (χ0v) is 39.7. The maximum atomic E-state index is 12.7. The van der Waals surface area contributed by atoms with Gasteiger partial charge in [-0.3, -0.25) is 28.9 Å². The Balaban J connectivity index is 1.14. The summed E-state index contributed by atoms with van der Waals surface area (Å²) in [5.74, 6) is -1.38. The molecule has 3 heterocycles. The Morgan fingerprint density at radius 2 is 1.04 bits per heavy atom. The second-order valence-corrected chi connectivity index (χ2v) is 17.7. The van der Waals surface area contributed by atoms with Crippen molar-refractivity contribution >= 4 is 35.1 Å². The normalized spacial score (nSPS) is 30.9. The lowest BCUT2D eigenvalue weighted by molar-refractivity contribution is -0.366. The van der Waals surface area contributed by atoms with Crippen LogP contribution in [-0.4, -0.2) is 243 Å². The highest BCUT2D eigenvalue weighted by atomic mass is 16.7. The van der Waals surface area contributed by atoms with E-state index in [9.17, 15) is 75.0 Å². The Morgan fingerprint density at radius 3 is 1.61 bits per heavy atom. The molecule has 3 fully saturated rings. The van der Waals surface area contributed by atoms with Crippen molar-refractivity contribution in [3.05, 3.63) is 30.3 Å². The molecule has 0 aromatic heterocycles. The Hall–Kier alpha value is -3.91. The summed E-state index contributed by atoms with van der Waals surface area (Å²) in [5.41, 5.74) is 0.727. The quantitative estimate of drug-likeness (QED) is 0.0320. The largest absolute Gasteiger partial charge is 0.394 e. The third-order valence-electron chi connectivity index (χ3n) is 11.8. The van der Waals surface area contributed by atoms with Crippen molar-refractivity contribution in [3.63, 3.8) is 0 Å². The van der Waals surface area contributed by atoms with Crippen molar-refractivity contribution < 1.29 is 103 Å². The van der Waals surface area contributed by atoms with Crippen LogP contribution in [0.25, 0.3) is 0 Å². The number of aliphatic hydroxyl groups excluding tert-OH is 10. The van der Waals surface area contributed by atoms with Crippen LogP contribution in [0.2, 0.25) is 0 Å². The summed E-state index contributed by atoms with van der Waals surface area (Å²) in [4.78, 5) is 63.2. The molecule has 4 amide bonds. The van der Waals surface area contributed by atoms with Crippen LogP contribution in [0.1, 0.15) is 58.3 Å². The van der Waals surface area contributed by atoms with E-state index in [0.29, 0.717) is 45.1 Å². The number of rotatable bonds is 30. The van der Waals surface area contributed by atoms with Gasteiger partial charge in [-0.1, -0.05) is 31.0 Å². The number of Topliss-reactive ketones (excluding diaryl/α,β-unsaturated/α-hetero) is 1. The van der Waals surface area contributed by atoms with Crippen LogP contribution in [0.4, 0.5) is 5.69 Å². The minimum Gasteiger partial charge on any atom is -0.394 e. The minimum absolute atomic E-state index is 0.0846. The number of hydrogen-bond donors (Lipinski definition) is 14. The molecule has 0 unspecified atom stereocenters. The van der Waals surface area contributed by atoms with E-state index in [1.165, 1.54) is 11.8 Å². The van der Waals surface area contributed by atoms with Crippen LogP contribution in [0.15, 0.2) is 30.3 Å². The molecule has 15 atom stereocenters. The number of unbranched alkanes of at least 4 members (excludes halogenated alkanes) is 4. The maximum Gasteiger partial charge on any atom is 0.234 e. The van der Waals surface area contributed by atoms with Gasteiger partial charge in [0.1, 0.15) is 79.0 Å². The van der Waals surface area contributed by atoms with Crippen molar-refractivity contribution in [2.75, 3.05) is 71.0 Å². The summed E-state index contributed by atoms with van der Waals surface area (Å²) < 4.78 is 33.4. The SMILES string of the molecule is CC(=O)CN(CC(=O)NCCCCCC(=O)NCCO[C@H]1O[C@H](CO[C@H]2O[C@H](CO)[C@@H](O)[C@H](O)[C@@H]2O)[C@@H](O)[C@H](O[C@H]2O[C@H](CO)[C@@H](O)[C@H](O)[C@@H]2O)[C@@H]1O)CC(=O)NCCCCCC(=O)Nc1ccccc1. The van der Waals surface area contributed by atoms with E-state index in [0.717, 1.165) is 12.1 Å². The molecule has 0 bridgehead atoms. The van der Waals surface area contributed by atoms with Gasteiger partial charge in [-0.05, 0) is 44.7 Å². The van der Waals surface area contributed by atoms with Gasteiger partial charge in [0, 0.05) is 38.2 Å². The van der Waals surface area contributed by atoms with Crippen LogP contribution in [-0.2, 0) is 52.4 Å². The number of ether oxygens (including phenoxy) is 6. The van der Waals surface area contributed by atoms with Crippen LogP contribution in [0.3, 0.4) is 0 Å². The molecule has 14 N–H and O–H groups in total. The zero-order chi connectivity index (χ0) is 52.0. The number of carbonyl (C=O) groups is 5. The van der Waals surface area contributed by atoms with Gasteiger partial charge >= 0.3 is 0 Å². The molecule has 0 saturated carbocycles. The number of hydrogen-bond acceptors (Lipinski definition) is 22. The van der Waals surface area contributed by atoms with Crippen molar-refractivity contribution in [2.45, 2.75) is 150 Å². The first-order valence-electron chi connectivity index (χ1n) is 23.8. The third-order valence-corrected chi connectivity index (χ3v) is 11.8. The van der Waals surface area contributed by atoms with Gasteiger partial charge in [-0.15, -0.1) is 0 Å². The highest BCUT2D eigenvalue weighted by Gasteiger charge is 2.52. The number of nitrogens with zero attached hydrogens (tertiary/aromatic N) is 1. The van der Waals surface area contributed by atoms with Crippen LogP contribution < -0.4 is 21.3 Å². The predicted octanol–water partition coefficient (Wildman–Crippen LogP) is -5.55. The lowest BCUT2D eigenvalue weighted by Crippen LogP contribution is -2.65. The minimum atomic E-state index is -1.92. The maximum absolute atomic E-state index is 12.7. The first-order chi connectivity index (χ1) is 33.9. The van der Waals surface area contributed by atoms with E-state index in [1.807, 2.05) is 18.2 Å². The van der Waals surface area contributed by atoms with Crippen molar-refractivity contribution in [2.24, 2.45) is 0 Å². The van der Waals surface area contributed by atoms with Gasteiger partial charge in [0.25, 0.3) is 0 Å². The van der Waals surface area contributed by atoms with Gasteiger partial charge in [0.15, 0.2) is 18.9 Å². The number of nitrogens with one attached hydrogen (secondary N) is 4. The summed E-state index contributed by atoms with van der Waals surface area (Å²) in [7, 11) is 0. The Morgan fingerprint density at radius 1 is 0.535 bits per heavy atom. The highest BCUT2D eigenvalue weighted by Crippen LogP contribution is 2.31. The fourth-order valence-electron chi connectivity index (χ4n) is 7.90. The molecule has 3 aliphatic heterocycles. The zero-order valence-electron chi connectivity index (χ0n) is 39.7. The smallest absolute Gasteiger partial charge is 0.234 e. The van der Waals surface area contributed by atoms with Crippen LogP contribution in [0, 0.1) is 0 Å². The molecule has 0 spiro atoms. The molecule has 3 saturated heterocycles. The first kappa shape index (κ1) is 59.7. The van der Waals surface area contributed by atoms with E-state index in [1.54, 1.807) is 12.1 Å². The van der Waals surface area contributed by atoms with Gasteiger partial charge < -0.3 is 101 Å². The van der Waals surface area contributed by atoms with Gasteiger partial charge in [-0.2, -0.15) is 0 Å². The third kappa shape index (κ3) is 19.5. The monoisotopic (exact) mass is 1020 g/mol.